The molecule has 0 spiro atoms. The highest BCUT2D eigenvalue weighted by Crippen LogP contribution is 2.24. The fourth-order valence-corrected chi connectivity index (χ4v) is 0.929. The molecule has 12 heavy (non-hydrogen) atoms. The smallest absolute Gasteiger partial charge is 0.152 e. The highest BCUT2D eigenvalue weighted by atomic mass is 35.5. The zero-order valence-electron chi connectivity index (χ0n) is 5.77. The molecule has 68 valence electrons. The van der Waals surface area contributed by atoms with Crippen LogP contribution >= 0.6 is 24.0 Å². The summed E-state index contributed by atoms with van der Waals surface area (Å²) in [4.78, 5) is 0. The zero-order valence-corrected chi connectivity index (χ0v) is 7.35. The van der Waals surface area contributed by atoms with Crippen molar-refractivity contribution in [1.82, 2.24) is 0 Å². The van der Waals surface area contributed by atoms with Gasteiger partial charge in [0.15, 0.2) is 5.82 Å². The first-order valence-corrected chi connectivity index (χ1v) is 3.14. The molecule has 0 unspecified atom stereocenters. The minimum absolute atomic E-state index is 0. The van der Waals surface area contributed by atoms with Crippen molar-refractivity contribution in [2.45, 2.75) is 0 Å². The van der Waals surface area contributed by atoms with Crippen molar-refractivity contribution < 1.29 is 8.78 Å². The molecule has 1 aromatic carbocycles. The molecule has 0 aliphatic rings. The highest BCUT2D eigenvalue weighted by Gasteiger charge is 2.07. The molecule has 0 saturated carbocycles. The number of benzene rings is 1. The minimum Gasteiger partial charge on any atom is -0.320 e. The molecule has 0 radical (unpaired) electrons. The monoisotopic (exact) mass is 214 g/mol. The molecular formula is C6H6Cl2F2N2. The van der Waals surface area contributed by atoms with Crippen LogP contribution in [0.25, 0.3) is 0 Å². The highest BCUT2D eigenvalue weighted by molar-refractivity contribution is 6.33. The van der Waals surface area contributed by atoms with Gasteiger partial charge in [0, 0.05) is 6.07 Å². The Hall–Kier alpha value is -0.580. The lowest BCUT2D eigenvalue weighted by atomic mass is 10.3. The van der Waals surface area contributed by atoms with E-state index in [2.05, 4.69) is 0 Å². The Bertz CT molecular complexity index is 257. The number of halogens is 4. The third-order valence-electron chi connectivity index (χ3n) is 1.15. The zero-order chi connectivity index (χ0) is 8.43. The van der Waals surface area contributed by atoms with E-state index in [-0.39, 0.29) is 23.1 Å². The summed E-state index contributed by atoms with van der Waals surface area (Å²) in [5, 5.41) is -0.0787. The lowest BCUT2D eigenvalue weighted by Gasteiger charge is -2.03. The van der Waals surface area contributed by atoms with Crippen molar-refractivity contribution in [3.63, 3.8) is 0 Å². The molecule has 3 N–H and O–H groups in total. The largest absolute Gasteiger partial charge is 0.320 e. The first-order chi connectivity index (χ1) is 5.15. The number of rotatable bonds is 1. The van der Waals surface area contributed by atoms with Gasteiger partial charge in [0.1, 0.15) is 11.5 Å². The molecule has 1 rings (SSSR count). The lowest BCUT2D eigenvalue weighted by Crippen LogP contribution is -2.09. The van der Waals surface area contributed by atoms with Crippen molar-refractivity contribution in [3.05, 3.63) is 28.8 Å². The predicted molar refractivity (Wildman–Crippen MR) is 46.4 cm³/mol. The van der Waals surface area contributed by atoms with E-state index in [1.165, 1.54) is 0 Å². The van der Waals surface area contributed by atoms with Gasteiger partial charge in [-0.25, -0.2) is 8.78 Å². The molecule has 6 heteroatoms. The number of hydrogen-bond acceptors (Lipinski definition) is 2. The number of nitrogen functional groups attached to an aromatic ring is 1. The number of nitrogens with one attached hydrogen (secondary N) is 1. The van der Waals surface area contributed by atoms with Crippen molar-refractivity contribution in [3.8, 4) is 0 Å². The maximum absolute atomic E-state index is 12.6. The summed E-state index contributed by atoms with van der Waals surface area (Å²) < 4.78 is 25.0. The molecule has 1 aromatic rings. The Kier molecular flexibility index (Phi) is 4.23. The van der Waals surface area contributed by atoms with Gasteiger partial charge in [-0.2, -0.15) is 0 Å². The first kappa shape index (κ1) is 11.4. The summed E-state index contributed by atoms with van der Waals surface area (Å²) in [7, 11) is 0. The van der Waals surface area contributed by atoms with Gasteiger partial charge in [-0.1, -0.05) is 11.6 Å². The molecule has 0 saturated heterocycles. The number of hydrogen-bond donors (Lipinski definition) is 2. The second kappa shape index (κ2) is 4.45. The molecule has 0 atom stereocenters. The Morgan fingerprint density at radius 3 is 2.33 bits per heavy atom. The van der Waals surface area contributed by atoms with E-state index in [1.54, 1.807) is 0 Å². The predicted octanol–water partition coefficient (Wildman–Crippen LogP) is 2.33. The van der Waals surface area contributed by atoms with Gasteiger partial charge >= 0.3 is 0 Å². The normalized spacial score (nSPS) is 9.00. The average molecular weight is 215 g/mol. The van der Waals surface area contributed by atoms with E-state index in [9.17, 15) is 8.78 Å². The summed E-state index contributed by atoms with van der Waals surface area (Å²) in [6, 6.07) is 1.67. The van der Waals surface area contributed by atoms with Crippen molar-refractivity contribution in [2.75, 3.05) is 5.43 Å². The summed E-state index contributed by atoms with van der Waals surface area (Å²) in [5.41, 5.74) is 1.91. The molecular weight excluding hydrogens is 209 g/mol. The Balaban J connectivity index is 0.00000121. The van der Waals surface area contributed by atoms with E-state index in [1.807, 2.05) is 5.43 Å². The average Bonchev–Trinajstić information content (AvgIpc) is 1.85. The summed E-state index contributed by atoms with van der Waals surface area (Å²) in [6.45, 7) is 0. The van der Waals surface area contributed by atoms with Gasteiger partial charge in [0.25, 0.3) is 0 Å². The fraction of sp³-hybridized carbons (Fsp3) is 0. The van der Waals surface area contributed by atoms with Gasteiger partial charge in [-0.15, -0.1) is 12.4 Å². The second-order valence-corrected chi connectivity index (χ2v) is 2.30. The van der Waals surface area contributed by atoms with Crippen LogP contribution in [0.1, 0.15) is 0 Å². The lowest BCUT2D eigenvalue weighted by molar-refractivity contribution is 0.585. The van der Waals surface area contributed by atoms with Gasteiger partial charge in [-0.05, 0) is 6.07 Å². The van der Waals surface area contributed by atoms with Crippen LogP contribution in [-0.2, 0) is 0 Å². The van der Waals surface area contributed by atoms with Crippen molar-refractivity contribution in [2.24, 2.45) is 5.84 Å². The van der Waals surface area contributed by atoms with Gasteiger partial charge in [-0.3, -0.25) is 5.84 Å². The Morgan fingerprint density at radius 2 is 1.92 bits per heavy atom. The van der Waals surface area contributed by atoms with Crippen LogP contribution in [0.2, 0.25) is 5.02 Å². The molecule has 0 aliphatic heterocycles. The van der Waals surface area contributed by atoms with Gasteiger partial charge in [0.2, 0.25) is 0 Å². The van der Waals surface area contributed by atoms with E-state index >= 15 is 0 Å². The molecule has 0 aromatic heterocycles. The van der Waals surface area contributed by atoms with Crippen LogP contribution in [0.5, 0.6) is 0 Å². The molecule has 0 amide bonds. The van der Waals surface area contributed by atoms with Crippen LogP contribution < -0.4 is 11.3 Å². The first-order valence-electron chi connectivity index (χ1n) is 2.76. The molecule has 0 heterocycles. The topological polar surface area (TPSA) is 38.0 Å². The maximum atomic E-state index is 12.6. The summed E-state index contributed by atoms with van der Waals surface area (Å²) in [6.07, 6.45) is 0. The van der Waals surface area contributed by atoms with Crippen LogP contribution in [-0.4, -0.2) is 0 Å². The Labute approximate surface area is 79.1 Å². The third-order valence-corrected chi connectivity index (χ3v) is 1.45. The fourth-order valence-electron chi connectivity index (χ4n) is 0.680. The van der Waals surface area contributed by atoms with E-state index in [0.29, 0.717) is 6.07 Å². The van der Waals surface area contributed by atoms with Crippen molar-refractivity contribution in [1.29, 1.82) is 0 Å². The molecule has 0 bridgehead atoms. The molecule has 0 aliphatic carbocycles. The SMILES string of the molecule is Cl.NNc1c(F)cc(F)cc1Cl. The van der Waals surface area contributed by atoms with E-state index in [0.717, 1.165) is 6.07 Å². The molecule has 2 nitrogen and oxygen atoms in total. The number of hydrazine groups is 1. The summed E-state index contributed by atoms with van der Waals surface area (Å²) in [5.74, 6) is 3.37. The quantitative estimate of drug-likeness (QED) is 0.557. The number of nitrogens with two attached hydrogens (primary N) is 1. The van der Waals surface area contributed by atoms with Crippen molar-refractivity contribution >= 4 is 29.7 Å². The van der Waals surface area contributed by atoms with Gasteiger partial charge in [0.05, 0.1) is 5.02 Å². The number of anilines is 1. The van der Waals surface area contributed by atoms with Crippen LogP contribution in [0.4, 0.5) is 14.5 Å². The molecule has 0 fully saturated rings. The van der Waals surface area contributed by atoms with E-state index < -0.39 is 11.6 Å². The van der Waals surface area contributed by atoms with E-state index in [4.69, 9.17) is 17.4 Å². The summed E-state index contributed by atoms with van der Waals surface area (Å²) >= 11 is 5.41. The minimum atomic E-state index is -0.808. The Morgan fingerprint density at radius 1 is 1.33 bits per heavy atom. The van der Waals surface area contributed by atoms with Crippen LogP contribution in [0, 0.1) is 11.6 Å². The van der Waals surface area contributed by atoms with Crippen LogP contribution in [0.3, 0.4) is 0 Å². The maximum Gasteiger partial charge on any atom is 0.152 e. The standard InChI is InChI=1S/C6H5ClF2N2.ClH/c7-4-1-3(8)2-5(9)6(4)11-10;/h1-2,11H,10H2;1H. The van der Waals surface area contributed by atoms with Crippen LogP contribution in [0.15, 0.2) is 12.1 Å². The second-order valence-electron chi connectivity index (χ2n) is 1.89. The van der Waals surface area contributed by atoms with Gasteiger partial charge < -0.3 is 5.43 Å². The third kappa shape index (κ3) is 2.20.